The molecule has 0 fully saturated rings. The number of carbonyl (C=O) groups is 3. The highest BCUT2D eigenvalue weighted by atomic mass is 32.2. The largest absolute Gasteiger partial charge is 0.497 e. The number of hydrogen-bond acceptors (Lipinski definition) is 8. The summed E-state index contributed by atoms with van der Waals surface area (Å²) in [6.07, 6.45) is 3.21. The Morgan fingerprint density at radius 1 is 0.897 bits per heavy atom. The van der Waals surface area contributed by atoms with E-state index in [9.17, 15) is 14.4 Å². The van der Waals surface area contributed by atoms with Gasteiger partial charge in [-0.1, -0.05) is 38.1 Å². The lowest BCUT2D eigenvalue weighted by Crippen LogP contribution is -2.51. The Labute approximate surface area is 234 Å². The summed E-state index contributed by atoms with van der Waals surface area (Å²) in [5, 5.41) is 4.86. The first-order valence-electron chi connectivity index (χ1n) is 12.5. The summed E-state index contributed by atoms with van der Waals surface area (Å²) < 4.78 is 21.2. The van der Waals surface area contributed by atoms with Gasteiger partial charge in [-0.3, -0.25) is 4.79 Å². The second kappa shape index (κ2) is 15.1. The lowest BCUT2D eigenvalue weighted by molar-refractivity contribution is -0.124. The van der Waals surface area contributed by atoms with E-state index in [1.54, 1.807) is 53.2 Å². The maximum absolute atomic E-state index is 12.5. The Balaban J connectivity index is 1.79. The fourth-order valence-electron chi connectivity index (χ4n) is 3.28. The Morgan fingerprint density at radius 2 is 1.49 bits per heavy atom. The van der Waals surface area contributed by atoms with Crippen molar-refractivity contribution in [3.63, 3.8) is 0 Å². The molecule has 39 heavy (non-hydrogen) atoms. The van der Waals surface area contributed by atoms with Gasteiger partial charge < -0.3 is 29.6 Å². The molecule has 2 aromatic rings. The van der Waals surface area contributed by atoms with Gasteiger partial charge in [-0.05, 0) is 73.8 Å². The van der Waals surface area contributed by atoms with Gasteiger partial charge in [0.15, 0.2) is 0 Å². The molecule has 9 nitrogen and oxygen atoms in total. The third kappa shape index (κ3) is 11.7. The number of thioether (sulfide) groups is 1. The molecule has 0 aliphatic rings. The number of benzene rings is 2. The fourth-order valence-corrected chi connectivity index (χ4v) is 3.80. The lowest BCUT2D eigenvalue weighted by Gasteiger charge is -2.25. The molecule has 2 amide bonds. The van der Waals surface area contributed by atoms with Crippen molar-refractivity contribution < 1.29 is 33.3 Å². The number of nitrogens with one attached hydrogen (secondary N) is 2. The third-order valence-corrected chi connectivity index (χ3v) is 5.89. The molecule has 2 N–H and O–H groups in total. The smallest absolute Gasteiger partial charge is 0.408 e. The maximum atomic E-state index is 12.5. The third-order valence-electron chi connectivity index (χ3n) is 5.17. The summed E-state index contributed by atoms with van der Waals surface area (Å²) in [5.41, 5.74) is 1.18. The standard InChI is InChI=1S/C29H38N2O7S/c1-19(2)25(31-27(33)38-29(3,4)5)26(32)30-14-15-39-28(34)37-22-12-10-20(11-13-22)8-9-21-16-23(35-6)18-24(17-21)36-7/h8-13,16-19,25H,14-15H2,1-7H3,(H,30,32)(H,31,33). The summed E-state index contributed by atoms with van der Waals surface area (Å²) in [4.78, 5) is 36.8. The Morgan fingerprint density at radius 3 is 2.03 bits per heavy atom. The van der Waals surface area contributed by atoms with Crippen molar-refractivity contribution in [2.45, 2.75) is 46.3 Å². The summed E-state index contributed by atoms with van der Waals surface area (Å²) >= 11 is 0.948. The first-order chi connectivity index (χ1) is 18.4. The van der Waals surface area contributed by atoms with E-state index in [1.165, 1.54) is 0 Å². The summed E-state index contributed by atoms with van der Waals surface area (Å²) in [6.45, 7) is 9.13. The first-order valence-corrected chi connectivity index (χ1v) is 13.5. The highest BCUT2D eigenvalue weighted by Gasteiger charge is 2.26. The lowest BCUT2D eigenvalue weighted by atomic mass is 10.0. The summed E-state index contributed by atoms with van der Waals surface area (Å²) in [7, 11) is 3.21. The van der Waals surface area contributed by atoms with E-state index in [0.29, 0.717) is 23.0 Å². The molecule has 0 aliphatic heterocycles. The predicted molar refractivity (Wildman–Crippen MR) is 154 cm³/mol. The SMILES string of the molecule is COc1cc(C=Cc2ccc(OC(=O)SCCNC(=O)C(NC(=O)OC(C)(C)C)C(C)C)cc2)cc(OC)c1. The van der Waals surface area contributed by atoms with Crippen LogP contribution in [0.15, 0.2) is 42.5 Å². The first kappa shape index (κ1) is 31.6. The van der Waals surface area contributed by atoms with E-state index in [0.717, 1.165) is 22.9 Å². The Kier molecular flexibility index (Phi) is 12.2. The molecule has 0 aliphatic carbocycles. The van der Waals surface area contributed by atoms with Crippen LogP contribution in [0.1, 0.15) is 45.7 Å². The van der Waals surface area contributed by atoms with Gasteiger partial charge in [0.2, 0.25) is 5.91 Å². The van der Waals surface area contributed by atoms with Crippen molar-refractivity contribution in [3.05, 3.63) is 53.6 Å². The highest BCUT2D eigenvalue weighted by Crippen LogP contribution is 2.24. The van der Waals surface area contributed by atoms with Gasteiger partial charge in [-0.2, -0.15) is 0 Å². The van der Waals surface area contributed by atoms with Crippen LogP contribution < -0.4 is 24.8 Å². The molecule has 0 aromatic heterocycles. The van der Waals surface area contributed by atoms with Crippen molar-refractivity contribution in [2.24, 2.45) is 5.92 Å². The van der Waals surface area contributed by atoms with Gasteiger partial charge in [0.1, 0.15) is 28.9 Å². The van der Waals surface area contributed by atoms with E-state index < -0.39 is 23.0 Å². The van der Waals surface area contributed by atoms with E-state index in [1.807, 2.05) is 50.3 Å². The molecule has 1 unspecified atom stereocenters. The van der Waals surface area contributed by atoms with Crippen LogP contribution in [0.4, 0.5) is 9.59 Å². The average Bonchev–Trinajstić information content (AvgIpc) is 2.87. The molecule has 2 aromatic carbocycles. The molecular weight excluding hydrogens is 520 g/mol. The zero-order valence-corrected chi connectivity index (χ0v) is 24.3. The van der Waals surface area contributed by atoms with E-state index in [4.69, 9.17) is 18.9 Å². The quantitative estimate of drug-likeness (QED) is 0.203. The van der Waals surface area contributed by atoms with Crippen LogP contribution in [0.25, 0.3) is 12.2 Å². The zero-order chi connectivity index (χ0) is 29.0. The van der Waals surface area contributed by atoms with Crippen LogP contribution in [-0.4, -0.2) is 55.5 Å². The van der Waals surface area contributed by atoms with Crippen molar-refractivity contribution in [3.8, 4) is 17.2 Å². The number of amides is 2. The molecule has 0 heterocycles. The van der Waals surface area contributed by atoms with E-state index in [2.05, 4.69) is 10.6 Å². The Bertz CT molecular complexity index is 1120. The van der Waals surface area contributed by atoms with Crippen LogP contribution in [0.2, 0.25) is 0 Å². The monoisotopic (exact) mass is 558 g/mol. The van der Waals surface area contributed by atoms with Gasteiger partial charge in [0.05, 0.1) is 14.2 Å². The molecule has 10 heteroatoms. The van der Waals surface area contributed by atoms with Gasteiger partial charge in [0.25, 0.3) is 0 Å². The van der Waals surface area contributed by atoms with E-state index in [-0.39, 0.29) is 18.4 Å². The molecule has 212 valence electrons. The molecular formula is C29H38N2O7S. The minimum absolute atomic E-state index is 0.147. The highest BCUT2D eigenvalue weighted by molar-refractivity contribution is 8.13. The number of ether oxygens (including phenoxy) is 4. The molecule has 0 spiro atoms. The second-order valence-corrected chi connectivity index (χ2v) is 10.9. The average molecular weight is 559 g/mol. The second-order valence-electron chi connectivity index (χ2n) is 9.91. The maximum Gasteiger partial charge on any atom is 0.408 e. The number of carbonyl (C=O) groups excluding carboxylic acids is 3. The van der Waals surface area contributed by atoms with Gasteiger partial charge in [0, 0.05) is 18.4 Å². The molecule has 0 bridgehead atoms. The minimum atomic E-state index is -0.754. The molecule has 0 saturated carbocycles. The zero-order valence-electron chi connectivity index (χ0n) is 23.5. The van der Waals surface area contributed by atoms with Crippen LogP contribution in [0.3, 0.4) is 0 Å². The van der Waals surface area contributed by atoms with Crippen molar-refractivity contribution in [1.29, 1.82) is 0 Å². The molecule has 1 atom stereocenters. The molecule has 0 saturated heterocycles. The van der Waals surface area contributed by atoms with Gasteiger partial charge >= 0.3 is 11.4 Å². The normalized spacial score (nSPS) is 12.1. The minimum Gasteiger partial charge on any atom is -0.497 e. The van der Waals surface area contributed by atoms with E-state index >= 15 is 0 Å². The van der Waals surface area contributed by atoms with Crippen molar-refractivity contribution in [1.82, 2.24) is 10.6 Å². The number of hydrogen-bond donors (Lipinski definition) is 2. The van der Waals surface area contributed by atoms with Crippen LogP contribution in [0, 0.1) is 5.92 Å². The predicted octanol–water partition coefficient (Wildman–Crippen LogP) is 5.77. The van der Waals surface area contributed by atoms with Crippen LogP contribution >= 0.6 is 11.8 Å². The summed E-state index contributed by atoms with van der Waals surface area (Å²) in [6, 6.07) is 11.9. The van der Waals surface area contributed by atoms with Crippen LogP contribution in [-0.2, 0) is 9.53 Å². The number of methoxy groups -OCH3 is 2. The van der Waals surface area contributed by atoms with Crippen LogP contribution in [0.5, 0.6) is 17.2 Å². The molecule has 2 rings (SSSR count). The van der Waals surface area contributed by atoms with Gasteiger partial charge in [-0.15, -0.1) is 0 Å². The van der Waals surface area contributed by atoms with Crippen molar-refractivity contribution >= 4 is 41.2 Å². The molecule has 0 radical (unpaired) electrons. The summed E-state index contributed by atoms with van der Waals surface area (Å²) in [5.74, 6) is 1.63. The number of rotatable bonds is 11. The van der Waals surface area contributed by atoms with Gasteiger partial charge in [-0.25, -0.2) is 9.59 Å². The topological polar surface area (TPSA) is 112 Å². The number of alkyl carbamates (subject to hydrolysis) is 1. The van der Waals surface area contributed by atoms with Crippen molar-refractivity contribution in [2.75, 3.05) is 26.5 Å². The fraction of sp³-hybridized carbons (Fsp3) is 0.414. The Hall–Kier alpha value is -3.66.